The van der Waals surface area contributed by atoms with E-state index in [2.05, 4.69) is 13.8 Å². The molecule has 0 aromatic carbocycles. The van der Waals surface area contributed by atoms with Crippen LogP contribution in [-0.2, 0) is 4.79 Å². The summed E-state index contributed by atoms with van der Waals surface area (Å²) < 4.78 is 0. The van der Waals surface area contributed by atoms with Crippen LogP contribution in [0.1, 0.15) is 65.2 Å². The van der Waals surface area contributed by atoms with E-state index in [4.69, 9.17) is 0 Å². The van der Waals surface area contributed by atoms with Crippen LogP contribution < -0.4 is 0 Å². The fourth-order valence-electron chi connectivity index (χ4n) is 3.38. The number of carboxylic acids is 1. The summed E-state index contributed by atoms with van der Waals surface area (Å²) in [6.45, 7) is 5.59. The maximum atomic E-state index is 12.8. The highest BCUT2D eigenvalue weighted by atomic mass is 16.4. The number of carboxylic acid groups (broad SMARTS) is 1. The first-order chi connectivity index (χ1) is 9.96. The highest BCUT2D eigenvalue weighted by Gasteiger charge is 2.41. The number of nitrogens with zero attached hydrogens (tertiary/aromatic N) is 2. The van der Waals surface area contributed by atoms with Crippen LogP contribution in [0.5, 0.6) is 0 Å². The molecule has 2 amide bonds. The predicted octanol–water partition coefficient (Wildman–Crippen LogP) is 3.34. The standard InChI is InChI=1S/C16H30N2O3/c1-4-11-18(12-5-2)15(21)17(3)16(13-14(19)20)9-7-6-8-10-16/h4-13H2,1-3H3,(H,19,20). The van der Waals surface area contributed by atoms with Crippen molar-refractivity contribution in [3.05, 3.63) is 0 Å². The molecule has 1 aliphatic carbocycles. The molecule has 1 saturated carbocycles. The number of rotatable bonds is 7. The lowest BCUT2D eigenvalue weighted by atomic mass is 9.78. The largest absolute Gasteiger partial charge is 0.481 e. The minimum absolute atomic E-state index is 0.0122. The monoisotopic (exact) mass is 298 g/mol. The van der Waals surface area contributed by atoms with Crippen LogP contribution in [0.2, 0.25) is 0 Å². The van der Waals surface area contributed by atoms with Crippen molar-refractivity contribution in [1.82, 2.24) is 9.80 Å². The van der Waals surface area contributed by atoms with E-state index in [9.17, 15) is 14.7 Å². The van der Waals surface area contributed by atoms with E-state index < -0.39 is 11.5 Å². The summed E-state index contributed by atoms with van der Waals surface area (Å²) in [6, 6.07) is -0.0122. The highest BCUT2D eigenvalue weighted by Crippen LogP contribution is 2.36. The number of hydrogen-bond acceptors (Lipinski definition) is 2. The van der Waals surface area contributed by atoms with Crippen LogP contribution in [0.15, 0.2) is 0 Å². The van der Waals surface area contributed by atoms with Gasteiger partial charge in [0.2, 0.25) is 0 Å². The Labute approximate surface area is 128 Å². The van der Waals surface area contributed by atoms with Gasteiger partial charge in [0, 0.05) is 20.1 Å². The zero-order valence-electron chi connectivity index (χ0n) is 13.7. The lowest BCUT2D eigenvalue weighted by Crippen LogP contribution is -2.56. The van der Waals surface area contributed by atoms with E-state index >= 15 is 0 Å². The van der Waals surface area contributed by atoms with Crippen molar-refractivity contribution in [2.45, 2.75) is 70.8 Å². The smallest absolute Gasteiger partial charge is 0.320 e. The molecule has 0 aliphatic heterocycles. The third kappa shape index (κ3) is 4.61. The second-order valence-corrected chi connectivity index (χ2v) is 6.18. The number of hydrogen-bond donors (Lipinski definition) is 1. The van der Waals surface area contributed by atoms with Gasteiger partial charge in [-0.3, -0.25) is 4.79 Å². The predicted molar refractivity (Wildman–Crippen MR) is 83.4 cm³/mol. The molecule has 1 aliphatic rings. The van der Waals surface area contributed by atoms with Crippen LogP contribution in [0.3, 0.4) is 0 Å². The van der Waals surface area contributed by atoms with Crippen molar-refractivity contribution in [3.8, 4) is 0 Å². The summed E-state index contributed by atoms with van der Waals surface area (Å²) in [4.78, 5) is 27.6. The Morgan fingerprint density at radius 3 is 2.00 bits per heavy atom. The van der Waals surface area contributed by atoms with Gasteiger partial charge in [-0.05, 0) is 25.7 Å². The van der Waals surface area contributed by atoms with Gasteiger partial charge < -0.3 is 14.9 Å². The highest BCUT2D eigenvalue weighted by molar-refractivity contribution is 5.77. The van der Waals surface area contributed by atoms with Crippen LogP contribution in [0, 0.1) is 0 Å². The van der Waals surface area contributed by atoms with E-state index in [1.54, 1.807) is 11.9 Å². The van der Waals surface area contributed by atoms with Crippen LogP contribution in [0.25, 0.3) is 0 Å². The molecule has 0 atom stereocenters. The molecule has 5 nitrogen and oxygen atoms in total. The van der Waals surface area contributed by atoms with Crippen molar-refractivity contribution >= 4 is 12.0 Å². The average molecular weight is 298 g/mol. The van der Waals surface area contributed by atoms with Crippen LogP contribution in [-0.4, -0.2) is 52.6 Å². The number of aliphatic carboxylic acids is 1. The Kier molecular flexibility index (Phi) is 6.99. The second-order valence-electron chi connectivity index (χ2n) is 6.18. The zero-order chi connectivity index (χ0) is 15.9. The van der Waals surface area contributed by atoms with Gasteiger partial charge in [-0.2, -0.15) is 0 Å². The molecular weight excluding hydrogens is 268 g/mol. The normalized spacial score (nSPS) is 17.3. The minimum atomic E-state index is -0.811. The number of urea groups is 1. The molecular formula is C16H30N2O3. The van der Waals surface area contributed by atoms with E-state index in [1.165, 1.54) is 0 Å². The molecule has 0 radical (unpaired) electrons. The first-order valence-electron chi connectivity index (χ1n) is 8.21. The van der Waals surface area contributed by atoms with Gasteiger partial charge in [0.1, 0.15) is 0 Å². The molecule has 1 rings (SSSR count). The van der Waals surface area contributed by atoms with Crippen LogP contribution in [0.4, 0.5) is 4.79 Å². The van der Waals surface area contributed by atoms with Crippen molar-refractivity contribution in [2.75, 3.05) is 20.1 Å². The molecule has 0 spiro atoms. The maximum absolute atomic E-state index is 12.8. The number of amides is 2. The zero-order valence-corrected chi connectivity index (χ0v) is 13.7. The molecule has 1 fully saturated rings. The Bertz CT molecular complexity index is 345. The van der Waals surface area contributed by atoms with Gasteiger partial charge in [0.15, 0.2) is 0 Å². The van der Waals surface area contributed by atoms with Gasteiger partial charge >= 0.3 is 12.0 Å². The molecule has 0 heterocycles. The first kappa shape index (κ1) is 17.8. The molecule has 0 bridgehead atoms. The van der Waals surface area contributed by atoms with Crippen LogP contribution >= 0.6 is 0 Å². The second kappa shape index (κ2) is 8.25. The average Bonchev–Trinajstić information content (AvgIpc) is 2.45. The van der Waals surface area contributed by atoms with Gasteiger partial charge in [-0.15, -0.1) is 0 Å². The summed E-state index contributed by atoms with van der Waals surface area (Å²) >= 11 is 0. The Morgan fingerprint density at radius 1 is 1.05 bits per heavy atom. The summed E-state index contributed by atoms with van der Waals surface area (Å²) in [6.07, 6.45) is 6.65. The summed E-state index contributed by atoms with van der Waals surface area (Å²) in [5.41, 5.74) is -0.499. The molecule has 21 heavy (non-hydrogen) atoms. The Hall–Kier alpha value is -1.26. The SMILES string of the molecule is CCCN(CCC)C(=O)N(C)C1(CC(=O)O)CCCCC1. The van der Waals surface area contributed by atoms with E-state index in [-0.39, 0.29) is 12.5 Å². The lowest BCUT2D eigenvalue weighted by molar-refractivity contribution is -0.140. The lowest BCUT2D eigenvalue weighted by Gasteiger charge is -2.45. The summed E-state index contributed by atoms with van der Waals surface area (Å²) in [5.74, 6) is -0.811. The van der Waals surface area contributed by atoms with Crippen molar-refractivity contribution in [2.24, 2.45) is 0 Å². The van der Waals surface area contributed by atoms with Crippen molar-refractivity contribution < 1.29 is 14.7 Å². The topological polar surface area (TPSA) is 60.9 Å². The van der Waals surface area contributed by atoms with Gasteiger partial charge in [-0.25, -0.2) is 4.79 Å². The van der Waals surface area contributed by atoms with Gasteiger partial charge in [0.25, 0.3) is 0 Å². The van der Waals surface area contributed by atoms with E-state index in [0.717, 1.165) is 58.0 Å². The van der Waals surface area contributed by atoms with E-state index in [1.807, 2.05) is 4.90 Å². The summed E-state index contributed by atoms with van der Waals surface area (Å²) in [5, 5.41) is 9.26. The molecule has 0 aromatic heterocycles. The first-order valence-corrected chi connectivity index (χ1v) is 8.21. The van der Waals surface area contributed by atoms with Gasteiger partial charge in [-0.1, -0.05) is 33.1 Å². The maximum Gasteiger partial charge on any atom is 0.320 e. The third-order valence-corrected chi connectivity index (χ3v) is 4.52. The minimum Gasteiger partial charge on any atom is -0.481 e. The van der Waals surface area contributed by atoms with Crippen molar-refractivity contribution in [3.63, 3.8) is 0 Å². The van der Waals surface area contributed by atoms with Crippen molar-refractivity contribution in [1.29, 1.82) is 0 Å². The van der Waals surface area contributed by atoms with Gasteiger partial charge in [0.05, 0.1) is 12.0 Å². The fourth-order valence-corrected chi connectivity index (χ4v) is 3.38. The Morgan fingerprint density at radius 2 is 1.57 bits per heavy atom. The molecule has 5 heteroatoms. The molecule has 122 valence electrons. The number of carbonyl (C=O) groups excluding carboxylic acids is 1. The molecule has 1 N–H and O–H groups in total. The Balaban J connectivity index is 2.89. The van der Waals surface area contributed by atoms with E-state index in [0.29, 0.717) is 0 Å². The molecule has 0 saturated heterocycles. The third-order valence-electron chi connectivity index (χ3n) is 4.52. The number of carbonyl (C=O) groups is 2. The molecule has 0 aromatic rings. The fraction of sp³-hybridized carbons (Fsp3) is 0.875. The summed E-state index contributed by atoms with van der Waals surface area (Å²) in [7, 11) is 1.79. The molecule has 0 unspecified atom stereocenters. The quantitative estimate of drug-likeness (QED) is 0.784.